The second-order valence-electron chi connectivity index (χ2n) is 4.21. The zero-order chi connectivity index (χ0) is 13.4. The molecule has 8 heteroatoms. The van der Waals surface area contributed by atoms with Gasteiger partial charge in [0.15, 0.2) is 6.23 Å². The summed E-state index contributed by atoms with van der Waals surface area (Å²) in [4.78, 5) is 25.0. The number of nitrogens with one attached hydrogen (secondary N) is 1. The molecule has 100 valence electrons. The zero-order valence-corrected chi connectivity index (χ0v) is 10.5. The number of ether oxygens (including phenoxy) is 1. The predicted molar refractivity (Wildman–Crippen MR) is 65.8 cm³/mol. The van der Waals surface area contributed by atoms with Gasteiger partial charge in [0.25, 0.3) is 5.56 Å². The van der Waals surface area contributed by atoms with Gasteiger partial charge in [-0.2, -0.15) is 12.6 Å². The van der Waals surface area contributed by atoms with E-state index in [1.165, 1.54) is 13.1 Å². The zero-order valence-electron chi connectivity index (χ0n) is 9.61. The van der Waals surface area contributed by atoms with Crippen LogP contribution in [0.25, 0.3) is 0 Å². The molecule has 1 aliphatic heterocycles. The highest BCUT2D eigenvalue weighted by molar-refractivity contribution is 7.80. The molecule has 0 saturated carbocycles. The lowest BCUT2D eigenvalue weighted by atomic mass is 10.1. The van der Waals surface area contributed by atoms with Crippen LogP contribution in [0, 0.1) is 6.92 Å². The normalized spacial score (nSPS) is 31.8. The molecule has 1 aromatic rings. The van der Waals surface area contributed by atoms with Gasteiger partial charge in [-0.05, 0) is 6.92 Å². The number of aromatic amines is 1. The quantitative estimate of drug-likeness (QED) is 0.486. The first-order chi connectivity index (χ1) is 8.45. The van der Waals surface area contributed by atoms with E-state index >= 15 is 0 Å². The number of aryl methyl sites for hydroxylation is 1. The van der Waals surface area contributed by atoms with Crippen molar-refractivity contribution in [2.45, 2.75) is 31.5 Å². The molecule has 1 aliphatic rings. The van der Waals surface area contributed by atoms with Crippen LogP contribution in [-0.2, 0) is 4.74 Å². The van der Waals surface area contributed by atoms with E-state index in [1.54, 1.807) is 0 Å². The van der Waals surface area contributed by atoms with Crippen molar-refractivity contribution in [3.63, 3.8) is 0 Å². The number of aliphatic hydroxyl groups is 2. The molecule has 18 heavy (non-hydrogen) atoms. The Bertz CT molecular complexity index is 554. The second-order valence-corrected chi connectivity index (χ2v) is 4.57. The monoisotopic (exact) mass is 274 g/mol. The summed E-state index contributed by atoms with van der Waals surface area (Å²) in [6.45, 7) is 1.53. The maximum Gasteiger partial charge on any atom is 0.330 e. The first kappa shape index (κ1) is 13.3. The highest BCUT2D eigenvalue weighted by Gasteiger charge is 2.43. The molecule has 3 N–H and O–H groups in total. The van der Waals surface area contributed by atoms with Crippen molar-refractivity contribution in [1.82, 2.24) is 9.55 Å². The summed E-state index contributed by atoms with van der Waals surface area (Å²) in [6, 6.07) is 0. The minimum Gasteiger partial charge on any atom is -0.387 e. The van der Waals surface area contributed by atoms with E-state index in [-0.39, 0.29) is 5.75 Å². The largest absolute Gasteiger partial charge is 0.387 e. The molecule has 0 spiro atoms. The van der Waals surface area contributed by atoms with Crippen molar-refractivity contribution >= 4 is 12.6 Å². The summed E-state index contributed by atoms with van der Waals surface area (Å²) >= 11 is 3.99. The van der Waals surface area contributed by atoms with E-state index in [0.717, 1.165) is 4.57 Å². The molecule has 0 unspecified atom stereocenters. The molecule has 1 saturated heterocycles. The minimum absolute atomic E-state index is 0.214. The Morgan fingerprint density at radius 2 is 2.11 bits per heavy atom. The molecule has 0 aromatic carbocycles. The third-order valence-corrected chi connectivity index (χ3v) is 3.30. The smallest absolute Gasteiger partial charge is 0.330 e. The van der Waals surface area contributed by atoms with E-state index in [2.05, 4.69) is 17.6 Å². The maximum absolute atomic E-state index is 11.6. The lowest BCUT2D eigenvalue weighted by molar-refractivity contribution is -0.0341. The van der Waals surface area contributed by atoms with Crippen LogP contribution in [0.4, 0.5) is 0 Å². The van der Waals surface area contributed by atoms with Crippen molar-refractivity contribution < 1.29 is 14.9 Å². The van der Waals surface area contributed by atoms with Gasteiger partial charge in [0.2, 0.25) is 0 Å². The fourth-order valence-corrected chi connectivity index (χ4v) is 2.19. The van der Waals surface area contributed by atoms with Gasteiger partial charge in [-0.15, -0.1) is 0 Å². The number of hydrogen-bond donors (Lipinski definition) is 4. The summed E-state index contributed by atoms with van der Waals surface area (Å²) in [5, 5.41) is 19.5. The number of aromatic nitrogens is 2. The van der Waals surface area contributed by atoms with E-state index in [0.29, 0.717) is 5.56 Å². The first-order valence-corrected chi connectivity index (χ1v) is 6.03. The van der Waals surface area contributed by atoms with E-state index < -0.39 is 35.8 Å². The van der Waals surface area contributed by atoms with Crippen molar-refractivity contribution in [1.29, 1.82) is 0 Å². The molecule has 2 rings (SSSR count). The third-order valence-electron chi connectivity index (χ3n) is 2.94. The number of rotatable bonds is 2. The second kappa shape index (κ2) is 4.88. The fourth-order valence-electron chi connectivity index (χ4n) is 1.88. The molecule has 7 nitrogen and oxygen atoms in total. The maximum atomic E-state index is 11.6. The van der Waals surface area contributed by atoms with Crippen LogP contribution in [0.1, 0.15) is 11.8 Å². The Morgan fingerprint density at radius 3 is 2.67 bits per heavy atom. The molecule has 0 bridgehead atoms. The van der Waals surface area contributed by atoms with Crippen molar-refractivity contribution in [2.75, 3.05) is 5.75 Å². The number of nitrogens with zero attached hydrogens (tertiary/aromatic N) is 1. The van der Waals surface area contributed by atoms with Gasteiger partial charge in [-0.3, -0.25) is 14.3 Å². The molecule has 0 aliphatic carbocycles. The lowest BCUT2D eigenvalue weighted by Gasteiger charge is -2.17. The SMILES string of the molecule is Cc1cn([C@@H]2O[C@H](CS)[C@@H](O)[C@H]2O)c(=O)[nH]c1=O. The number of aliphatic hydroxyl groups excluding tert-OH is 2. The average molecular weight is 274 g/mol. The first-order valence-electron chi connectivity index (χ1n) is 5.40. The van der Waals surface area contributed by atoms with Crippen LogP contribution >= 0.6 is 12.6 Å². The van der Waals surface area contributed by atoms with Gasteiger partial charge in [-0.1, -0.05) is 0 Å². The minimum atomic E-state index is -1.25. The van der Waals surface area contributed by atoms with Crippen molar-refractivity contribution in [3.8, 4) is 0 Å². The summed E-state index contributed by atoms with van der Waals surface area (Å²) in [7, 11) is 0. The number of thiol groups is 1. The Labute approximate surface area is 107 Å². The Morgan fingerprint density at radius 1 is 1.44 bits per heavy atom. The number of hydrogen-bond acceptors (Lipinski definition) is 6. The topological polar surface area (TPSA) is 105 Å². The molecule has 1 aromatic heterocycles. The fraction of sp³-hybridized carbons (Fsp3) is 0.600. The highest BCUT2D eigenvalue weighted by atomic mass is 32.1. The molecule has 0 radical (unpaired) electrons. The van der Waals surface area contributed by atoms with Crippen LogP contribution in [0.15, 0.2) is 15.8 Å². The third kappa shape index (κ3) is 2.12. The Hall–Kier alpha value is -1.09. The molecule has 1 fully saturated rings. The summed E-state index contributed by atoms with van der Waals surface area (Å²) in [6.07, 6.45) is -2.76. The van der Waals surface area contributed by atoms with E-state index in [1.807, 2.05) is 0 Å². The van der Waals surface area contributed by atoms with Gasteiger partial charge < -0.3 is 14.9 Å². The highest BCUT2D eigenvalue weighted by Crippen LogP contribution is 2.28. The molecular formula is C10H14N2O5S. The Kier molecular flexibility index (Phi) is 3.62. The Balaban J connectivity index is 2.42. The summed E-state index contributed by atoms with van der Waals surface area (Å²) in [5.41, 5.74) is -0.870. The van der Waals surface area contributed by atoms with Crippen LogP contribution in [0.5, 0.6) is 0 Å². The molecule has 4 atom stereocenters. The summed E-state index contributed by atoms with van der Waals surface area (Å²) < 4.78 is 6.42. The number of H-pyrrole nitrogens is 1. The van der Waals surface area contributed by atoms with Gasteiger partial charge in [-0.25, -0.2) is 4.79 Å². The van der Waals surface area contributed by atoms with Crippen LogP contribution < -0.4 is 11.2 Å². The van der Waals surface area contributed by atoms with E-state index in [4.69, 9.17) is 4.74 Å². The van der Waals surface area contributed by atoms with E-state index in [9.17, 15) is 19.8 Å². The van der Waals surface area contributed by atoms with Crippen LogP contribution in [0.3, 0.4) is 0 Å². The van der Waals surface area contributed by atoms with Gasteiger partial charge in [0.05, 0.1) is 6.10 Å². The van der Waals surface area contributed by atoms with Crippen molar-refractivity contribution in [3.05, 3.63) is 32.6 Å². The average Bonchev–Trinajstić information content (AvgIpc) is 2.61. The van der Waals surface area contributed by atoms with Gasteiger partial charge in [0, 0.05) is 17.5 Å². The van der Waals surface area contributed by atoms with Crippen LogP contribution in [0.2, 0.25) is 0 Å². The molecule has 2 heterocycles. The van der Waals surface area contributed by atoms with Crippen molar-refractivity contribution in [2.24, 2.45) is 0 Å². The predicted octanol–water partition coefficient (Wildman–Crippen LogP) is -1.61. The summed E-state index contributed by atoms with van der Waals surface area (Å²) in [5.74, 6) is 0.214. The lowest BCUT2D eigenvalue weighted by Crippen LogP contribution is -2.38. The molecule has 0 amide bonds. The van der Waals surface area contributed by atoms with Gasteiger partial charge in [0.1, 0.15) is 12.2 Å². The molecular weight excluding hydrogens is 260 g/mol. The van der Waals surface area contributed by atoms with Gasteiger partial charge >= 0.3 is 5.69 Å². The van der Waals surface area contributed by atoms with Crippen LogP contribution in [-0.4, -0.2) is 43.8 Å². The standard InChI is InChI=1S/C10H14N2O5S/c1-4-2-12(10(16)11-8(4)15)9-7(14)6(13)5(3-18)17-9/h2,5-7,9,13-14,18H,3H2,1H3,(H,11,15,16)/t5-,6-,7-,9-/m1/s1.